The van der Waals surface area contributed by atoms with Crippen molar-refractivity contribution < 1.29 is 22.5 Å². The maximum Gasteiger partial charge on any atom is 0.325 e. The average Bonchev–Trinajstić information content (AvgIpc) is 2.26. The van der Waals surface area contributed by atoms with Crippen LogP contribution < -0.4 is 5.32 Å². The molecule has 0 unspecified atom stereocenters. The molecule has 1 rings (SSSR count). The molecule has 0 spiro atoms. The monoisotopic (exact) mass is 287 g/mol. The molecule has 6 nitrogen and oxygen atoms in total. The zero-order chi connectivity index (χ0) is 14.5. The summed E-state index contributed by atoms with van der Waals surface area (Å²) in [4.78, 5) is 11.4. The number of esters is 1. The molecule has 106 valence electrons. The Kier molecular flexibility index (Phi) is 5.31. The molecular formula is C12H17NO5S. The summed E-state index contributed by atoms with van der Waals surface area (Å²) in [5.41, 5.74) is 2.87. The maximum absolute atomic E-state index is 11.4. The number of carbonyl (C=O) groups excluding carboxylic acids is 1. The lowest BCUT2D eigenvalue weighted by Crippen LogP contribution is -2.21. The van der Waals surface area contributed by atoms with Crippen LogP contribution in [0.4, 0.5) is 5.69 Å². The normalized spacial score (nSPS) is 11.1. The minimum absolute atomic E-state index is 0.0584. The molecule has 0 aliphatic carbocycles. The highest BCUT2D eigenvalue weighted by Gasteiger charge is 2.09. The number of rotatable bonds is 6. The van der Waals surface area contributed by atoms with Gasteiger partial charge >= 0.3 is 5.97 Å². The molecular weight excluding hydrogens is 270 g/mol. The Morgan fingerprint density at radius 1 is 1.32 bits per heavy atom. The minimum atomic E-state index is -4.10. The molecule has 1 aromatic carbocycles. The van der Waals surface area contributed by atoms with E-state index in [1.165, 1.54) is 0 Å². The highest BCUT2D eigenvalue weighted by Crippen LogP contribution is 2.18. The van der Waals surface area contributed by atoms with Crippen LogP contribution in [0.15, 0.2) is 18.2 Å². The third-order valence-corrected chi connectivity index (χ3v) is 3.18. The van der Waals surface area contributed by atoms with Crippen molar-refractivity contribution in [3.63, 3.8) is 0 Å². The molecule has 0 amide bonds. The van der Waals surface area contributed by atoms with Crippen LogP contribution in [0.1, 0.15) is 11.1 Å². The van der Waals surface area contributed by atoms with Crippen molar-refractivity contribution in [2.75, 3.05) is 24.2 Å². The second-order valence-electron chi connectivity index (χ2n) is 4.13. The molecule has 0 aromatic heterocycles. The summed E-state index contributed by atoms with van der Waals surface area (Å²) in [6.45, 7) is 3.42. The fraction of sp³-hybridized carbons (Fsp3) is 0.417. The van der Waals surface area contributed by atoms with Crippen LogP contribution >= 0.6 is 0 Å². The van der Waals surface area contributed by atoms with E-state index in [2.05, 4.69) is 10.1 Å². The predicted octanol–water partition coefficient (Wildman–Crippen LogP) is 1.15. The zero-order valence-electron chi connectivity index (χ0n) is 10.8. The van der Waals surface area contributed by atoms with Gasteiger partial charge in [0, 0.05) is 5.69 Å². The molecule has 0 atom stereocenters. The number of hydrogen-bond donors (Lipinski definition) is 2. The molecule has 0 heterocycles. The molecule has 1 aromatic rings. The van der Waals surface area contributed by atoms with E-state index in [0.717, 1.165) is 16.8 Å². The van der Waals surface area contributed by atoms with Crippen molar-refractivity contribution in [1.82, 2.24) is 0 Å². The average molecular weight is 287 g/mol. The van der Waals surface area contributed by atoms with E-state index in [1.54, 1.807) is 0 Å². The number of carbonyl (C=O) groups is 1. The first kappa shape index (κ1) is 15.5. The van der Waals surface area contributed by atoms with E-state index in [-0.39, 0.29) is 13.2 Å². The molecule has 0 saturated heterocycles. The lowest BCUT2D eigenvalue weighted by Gasteiger charge is -2.12. The summed E-state index contributed by atoms with van der Waals surface area (Å²) >= 11 is 0. The van der Waals surface area contributed by atoms with Gasteiger partial charge in [0.15, 0.2) is 0 Å². The fourth-order valence-corrected chi connectivity index (χ4v) is 1.86. The second-order valence-corrected chi connectivity index (χ2v) is 5.70. The van der Waals surface area contributed by atoms with Gasteiger partial charge < -0.3 is 10.1 Å². The molecule has 19 heavy (non-hydrogen) atoms. The first-order valence-corrected chi connectivity index (χ1v) is 7.31. The number of aryl methyl sites for hydroxylation is 2. The molecule has 0 fully saturated rings. The zero-order valence-corrected chi connectivity index (χ0v) is 11.7. The third kappa shape index (κ3) is 5.71. The molecule has 0 bridgehead atoms. The topological polar surface area (TPSA) is 92.7 Å². The number of ether oxygens (including phenoxy) is 1. The van der Waals surface area contributed by atoms with Crippen molar-refractivity contribution in [2.24, 2.45) is 0 Å². The van der Waals surface area contributed by atoms with Gasteiger partial charge in [0.05, 0.1) is 0 Å². The lowest BCUT2D eigenvalue weighted by atomic mass is 10.1. The van der Waals surface area contributed by atoms with E-state index >= 15 is 0 Å². The Hall–Kier alpha value is -1.60. The highest BCUT2D eigenvalue weighted by atomic mass is 32.2. The number of nitrogens with one attached hydrogen (secondary N) is 1. The summed E-state index contributed by atoms with van der Waals surface area (Å²) in [6.07, 6.45) is 0. The molecule has 2 N–H and O–H groups in total. The van der Waals surface area contributed by atoms with Crippen LogP contribution in [-0.2, 0) is 19.6 Å². The summed E-state index contributed by atoms with van der Waals surface area (Å²) < 4.78 is 34.0. The maximum atomic E-state index is 11.4. The Bertz CT molecular complexity index is 533. The number of para-hydroxylation sites is 1. The quantitative estimate of drug-likeness (QED) is 0.602. The van der Waals surface area contributed by atoms with Crippen LogP contribution in [0.25, 0.3) is 0 Å². The van der Waals surface area contributed by atoms with Gasteiger partial charge in [-0.05, 0) is 25.0 Å². The van der Waals surface area contributed by atoms with E-state index in [4.69, 9.17) is 4.55 Å². The summed E-state index contributed by atoms with van der Waals surface area (Å²) in [5.74, 6) is -1.17. The Balaban J connectivity index is 2.42. The van der Waals surface area contributed by atoms with Gasteiger partial charge in [-0.3, -0.25) is 9.35 Å². The van der Waals surface area contributed by atoms with Gasteiger partial charge in [0.25, 0.3) is 10.1 Å². The summed E-state index contributed by atoms with van der Waals surface area (Å²) in [5, 5.41) is 2.94. The number of benzene rings is 1. The van der Waals surface area contributed by atoms with Crippen molar-refractivity contribution in [2.45, 2.75) is 13.8 Å². The van der Waals surface area contributed by atoms with Crippen molar-refractivity contribution >= 4 is 21.8 Å². The fourth-order valence-electron chi connectivity index (χ4n) is 1.57. The Morgan fingerprint density at radius 3 is 2.42 bits per heavy atom. The Morgan fingerprint density at radius 2 is 1.89 bits per heavy atom. The largest absolute Gasteiger partial charge is 0.463 e. The van der Waals surface area contributed by atoms with Crippen LogP contribution in [0, 0.1) is 13.8 Å². The van der Waals surface area contributed by atoms with Crippen LogP contribution in [-0.4, -0.2) is 37.8 Å². The molecule has 0 radical (unpaired) electrons. The van der Waals surface area contributed by atoms with E-state index < -0.39 is 21.8 Å². The SMILES string of the molecule is Cc1cccc(C)c1NCC(=O)OCCS(=O)(=O)O. The molecule has 0 aliphatic heterocycles. The predicted molar refractivity (Wildman–Crippen MR) is 71.8 cm³/mol. The number of hydrogen-bond acceptors (Lipinski definition) is 5. The van der Waals surface area contributed by atoms with Crippen LogP contribution in [0.2, 0.25) is 0 Å². The first-order chi connectivity index (χ1) is 8.79. The molecule has 7 heteroatoms. The molecule has 0 saturated carbocycles. The third-order valence-electron chi connectivity index (χ3n) is 2.49. The lowest BCUT2D eigenvalue weighted by molar-refractivity contribution is -0.140. The minimum Gasteiger partial charge on any atom is -0.463 e. The second kappa shape index (κ2) is 6.53. The van der Waals surface area contributed by atoms with Gasteiger partial charge in [0.1, 0.15) is 18.9 Å². The van der Waals surface area contributed by atoms with E-state index in [1.807, 2.05) is 32.0 Å². The van der Waals surface area contributed by atoms with Crippen LogP contribution in [0.5, 0.6) is 0 Å². The summed E-state index contributed by atoms with van der Waals surface area (Å²) in [6, 6.07) is 5.75. The van der Waals surface area contributed by atoms with Crippen LogP contribution in [0.3, 0.4) is 0 Å². The smallest absolute Gasteiger partial charge is 0.325 e. The first-order valence-electron chi connectivity index (χ1n) is 5.70. The number of anilines is 1. The summed E-state index contributed by atoms with van der Waals surface area (Å²) in [7, 11) is -4.10. The van der Waals surface area contributed by atoms with Gasteiger partial charge in [-0.15, -0.1) is 0 Å². The van der Waals surface area contributed by atoms with Gasteiger partial charge in [-0.1, -0.05) is 18.2 Å². The van der Waals surface area contributed by atoms with Crippen molar-refractivity contribution in [3.8, 4) is 0 Å². The van der Waals surface area contributed by atoms with Gasteiger partial charge in [0.2, 0.25) is 0 Å². The van der Waals surface area contributed by atoms with E-state index in [0.29, 0.717) is 0 Å². The van der Waals surface area contributed by atoms with Gasteiger partial charge in [-0.2, -0.15) is 8.42 Å². The standard InChI is InChI=1S/C12H17NO5S/c1-9-4-3-5-10(2)12(9)13-8-11(14)18-6-7-19(15,16)17/h3-5,13H,6-8H2,1-2H3,(H,15,16,17). The van der Waals surface area contributed by atoms with E-state index in [9.17, 15) is 13.2 Å². The van der Waals surface area contributed by atoms with Crippen molar-refractivity contribution in [3.05, 3.63) is 29.3 Å². The highest BCUT2D eigenvalue weighted by molar-refractivity contribution is 7.85. The Labute approximate surface area is 112 Å². The van der Waals surface area contributed by atoms with Crippen molar-refractivity contribution in [1.29, 1.82) is 0 Å². The molecule has 0 aliphatic rings. The van der Waals surface area contributed by atoms with Gasteiger partial charge in [-0.25, -0.2) is 0 Å².